The Hall–Kier alpha value is -0.530. The molecule has 0 aromatic rings. The van der Waals surface area contributed by atoms with Crippen LogP contribution in [-0.4, -0.2) is 5.91 Å². The van der Waals surface area contributed by atoms with Gasteiger partial charge >= 0.3 is 0 Å². The van der Waals surface area contributed by atoms with E-state index in [9.17, 15) is 4.79 Å². The monoisotopic (exact) mass is 161 g/mol. The van der Waals surface area contributed by atoms with E-state index >= 15 is 0 Å². The van der Waals surface area contributed by atoms with E-state index in [0.717, 1.165) is 19.3 Å². The highest BCUT2D eigenvalue weighted by Crippen LogP contribution is 2.05. The zero-order valence-corrected chi connectivity index (χ0v) is 7.02. The summed E-state index contributed by atoms with van der Waals surface area (Å²) < 4.78 is 29.5. The molecular weight excluding hydrogens is 138 g/mol. The van der Waals surface area contributed by atoms with Gasteiger partial charge in [0.2, 0.25) is 5.91 Å². The van der Waals surface area contributed by atoms with Gasteiger partial charge in [0, 0.05) is 11.9 Å². The lowest BCUT2D eigenvalue weighted by molar-refractivity contribution is -0.118. The summed E-state index contributed by atoms with van der Waals surface area (Å²) in [6.07, 6.45) is -1.27. The van der Waals surface area contributed by atoms with Crippen molar-refractivity contribution in [3.8, 4) is 0 Å². The molecule has 0 aliphatic rings. The van der Waals surface area contributed by atoms with Gasteiger partial charge in [0.25, 0.3) is 0 Å². The third-order valence-corrected chi connectivity index (χ3v) is 1.37. The minimum absolute atomic E-state index is 0.0307. The van der Waals surface area contributed by atoms with Gasteiger partial charge in [-0.1, -0.05) is 39.0 Å². The topological polar surface area (TPSA) is 43.1 Å². The van der Waals surface area contributed by atoms with E-state index in [0.29, 0.717) is 6.42 Å². The van der Waals surface area contributed by atoms with E-state index in [1.807, 2.05) is 6.92 Å². The Morgan fingerprint density at radius 1 is 1.36 bits per heavy atom. The van der Waals surface area contributed by atoms with Gasteiger partial charge in [-0.2, -0.15) is 0 Å². The van der Waals surface area contributed by atoms with E-state index in [1.54, 1.807) is 0 Å². The molecule has 0 aromatic carbocycles. The average molecular weight is 161 g/mol. The van der Waals surface area contributed by atoms with Crippen LogP contribution in [0.5, 0.6) is 0 Å². The SMILES string of the molecule is [2H]C([2H])(CCCCCC)C([2H])([2H])C(N)=O. The molecule has 0 aliphatic carbocycles. The number of hydrogen-bond donors (Lipinski definition) is 1. The number of unbranched alkanes of at least 4 members (excludes halogenated alkanes) is 3. The highest BCUT2D eigenvalue weighted by molar-refractivity contribution is 5.73. The maximum absolute atomic E-state index is 10.8. The first-order valence-electron chi connectivity index (χ1n) is 6.05. The molecule has 0 aromatic heterocycles. The highest BCUT2D eigenvalue weighted by Gasteiger charge is 1.93. The molecule has 2 nitrogen and oxygen atoms in total. The van der Waals surface area contributed by atoms with Crippen LogP contribution in [0.4, 0.5) is 0 Å². The predicted molar refractivity (Wildman–Crippen MR) is 47.2 cm³/mol. The van der Waals surface area contributed by atoms with Crippen molar-refractivity contribution in [2.24, 2.45) is 5.73 Å². The first-order valence-corrected chi connectivity index (χ1v) is 4.05. The molecule has 0 bridgehead atoms. The third-order valence-electron chi connectivity index (χ3n) is 1.37. The second-order valence-electron chi connectivity index (χ2n) is 2.48. The molecule has 0 aliphatic heterocycles. The Labute approximate surface area is 74.8 Å². The molecule has 2 N–H and O–H groups in total. The molecule has 0 fully saturated rings. The number of primary amides is 1. The predicted octanol–water partition coefficient (Wildman–Crippen LogP) is 2.22. The second kappa shape index (κ2) is 7.58. The number of nitrogens with two attached hydrogens (primary N) is 1. The smallest absolute Gasteiger partial charge is 0.217 e. The number of carbonyl (C=O) groups excluding carboxylic acids is 1. The molecule has 0 saturated carbocycles. The fraction of sp³-hybridized carbons (Fsp3) is 0.889. The van der Waals surface area contributed by atoms with Crippen molar-refractivity contribution in [2.45, 2.75) is 51.8 Å². The van der Waals surface area contributed by atoms with Crippen LogP contribution in [0.2, 0.25) is 0 Å². The maximum atomic E-state index is 10.8. The van der Waals surface area contributed by atoms with Crippen LogP contribution in [0, 0.1) is 0 Å². The lowest BCUT2D eigenvalue weighted by Crippen LogP contribution is -2.09. The molecule has 0 saturated heterocycles. The molecule has 0 rings (SSSR count). The lowest BCUT2D eigenvalue weighted by atomic mass is 10.1. The fourth-order valence-electron chi connectivity index (χ4n) is 0.790. The van der Waals surface area contributed by atoms with Gasteiger partial charge in [-0.3, -0.25) is 4.79 Å². The Bertz CT molecular complexity index is 218. The average Bonchev–Trinajstić information content (AvgIpc) is 2.12. The summed E-state index contributed by atoms with van der Waals surface area (Å²) >= 11 is 0. The Morgan fingerprint density at radius 3 is 2.55 bits per heavy atom. The van der Waals surface area contributed by atoms with E-state index in [1.165, 1.54) is 0 Å². The van der Waals surface area contributed by atoms with Crippen molar-refractivity contribution in [2.75, 3.05) is 0 Å². The first-order chi connectivity index (χ1) is 6.75. The third kappa shape index (κ3) is 9.47. The zero-order chi connectivity index (χ0) is 12.1. The van der Waals surface area contributed by atoms with Crippen molar-refractivity contribution in [3.63, 3.8) is 0 Å². The van der Waals surface area contributed by atoms with Crippen LogP contribution in [-0.2, 0) is 4.79 Å². The molecule has 0 heterocycles. The van der Waals surface area contributed by atoms with Crippen LogP contribution >= 0.6 is 0 Å². The summed E-state index contributed by atoms with van der Waals surface area (Å²) in [5.74, 6) is -1.23. The van der Waals surface area contributed by atoms with Crippen LogP contribution in [0.3, 0.4) is 0 Å². The van der Waals surface area contributed by atoms with Crippen molar-refractivity contribution in [1.29, 1.82) is 0 Å². The molecule has 0 unspecified atom stereocenters. The number of amides is 1. The van der Waals surface area contributed by atoms with E-state index in [2.05, 4.69) is 0 Å². The van der Waals surface area contributed by atoms with Gasteiger partial charge in [-0.25, -0.2) is 0 Å². The summed E-state index contributed by atoms with van der Waals surface area (Å²) in [7, 11) is 0. The highest BCUT2D eigenvalue weighted by atomic mass is 16.1. The molecule has 2 heteroatoms. The Balaban J connectivity index is 4.22. The number of hydrogen-bond acceptors (Lipinski definition) is 1. The number of rotatable bonds is 7. The van der Waals surface area contributed by atoms with Gasteiger partial charge in [0.15, 0.2) is 0 Å². The van der Waals surface area contributed by atoms with Gasteiger partial charge in [0.1, 0.15) is 0 Å². The van der Waals surface area contributed by atoms with Gasteiger partial charge in [0.05, 0.1) is 0 Å². The summed E-state index contributed by atoms with van der Waals surface area (Å²) in [6, 6.07) is 0. The molecule has 66 valence electrons. The van der Waals surface area contributed by atoms with Gasteiger partial charge in [-0.05, 0) is 6.37 Å². The zero-order valence-electron chi connectivity index (χ0n) is 11.0. The van der Waals surface area contributed by atoms with E-state index in [4.69, 9.17) is 11.2 Å². The molecular formula is C9H19NO. The minimum Gasteiger partial charge on any atom is -0.370 e. The normalized spacial score (nSPS) is 17.9. The van der Waals surface area contributed by atoms with Crippen molar-refractivity contribution < 1.29 is 10.3 Å². The van der Waals surface area contributed by atoms with Crippen LogP contribution < -0.4 is 5.73 Å². The van der Waals surface area contributed by atoms with E-state index in [-0.39, 0.29) is 6.42 Å². The van der Waals surface area contributed by atoms with Crippen LogP contribution in [0.25, 0.3) is 0 Å². The second-order valence-corrected chi connectivity index (χ2v) is 2.48. The van der Waals surface area contributed by atoms with Crippen molar-refractivity contribution >= 4 is 5.91 Å². The quantitative estimate of drug-likeness (QED) is 0.572. The van der Waals surface area contributed by atoms with Crippen LogP contribution in [0.15, 0.2) is 0 Å². The molecule has 0 radical (unpaired) electrons. The largest absolute Gasteiger partial charge is 0.370 e. The molecule has 1 amide bonds. The fourth-order valence-corrected chi connectivity index (χ4v) is 0.790. The van der Waals surface area contributed by atoms with Gasteiger partial charge in [-0.15, -0.1) is 0 Å². The van der Waals surface area contributed by atoms with Crippen LogP contribution in [0.1, 0.15) is 57.3 Å². The van der Waals surface area contributed by atoms with Gasteiger partial charge < -0.3 is 5.73 Å². The maximum Gasteiger partial charge on any atom is 0.217 e. The van der Waals surface area contributed by atoms with Crippen molar-refractivity contribution in [3.05, 3.63) is 0 Å². The van der Waals surface area contributed by atoms with Crippen molar-refractivity contribution in [1.82, 2.24) is 0 Å². The summed E-state index contributed by atoms with van der Waals surface area (Å²) in [5, 5.41) is 0. The Morgan fingerprint density at radius 2 is 2.00 bits per heavy atom. The number of carbonyl (C=O) groups is 1. The molecule has 11 heavy (non-hydrogen) atoms. The van der Waals surface area contributed by atoms with E-state index < -0.39 is 18.7 Å². The lowest BCUT2D eigenvalue weighted by Gasteiger charge is -1.97. The molecule has 0 atom stereocenters. The summed E-state index contributed by atoms with van der Waals surface area (Å²) in [4.78, 5) is 10.8. The minimum atomic E-state index is -2.58. The Kier molecular flexibility index (Phi) is 3.56. The summed E-state index contributed by atoms with van der Waals surface area (Å²) in [5.41, 5.74) is 4.83. The summed E-state index contributed by atoms with van der Waals surface area (Å²) in [6.45, 7) is 2.04. The first kappa shape index (κ1) is 5.18. The molecule has 0 spiro atoms. The standard InChI is InChI=1S/C9H19NO/c1-2-3-4-5-6-7-8-9(10)11/h2-8H2,1H3,(H2,10,11)/i7D2,8D2.